The number of anilines is 3. The van der Waals surface area contributed by atoms with E-state index >= 15 is 0 Å². The number of nitrogens with one attached hydrogen (secondary N) is 2. The van der Waals surface area contributed by atoms with Crippen molar-refractivity contribution in [3.8, 4) is 0 Å². The van der Waals surface area contributed by atoms with Gasteiger partial charge >= 0.3 is 6.09 Å². The molecule has 2 aliphatic heterocycles. The number of fused-ring (bicyclic) bond motifs is 1. The number of carbonyl (C=O) groups is 2. The molecule has 1 saturated heterocycles. The third kappa shape index (κ3) is 8.58. The first-order chi connectivity index (χ1) is 23.9. The van der Waals surface area contributed by atoms with Gasteiger partial charge in [0.1, 0.15) is 18.2 Å². The van der Waals surface area contributed by atoms with Crippen molar-refractivity contribution in [2.24, 2.45) is 0 Å². The smallest absolute Gasteiger partial charge is 0.435 e. The van der Waals surface area contributed by atoms with E-state index < -0.39 is 38.6 Å². The van der Waals surface area contributed by atoms with E-state index in [4.69, 9.17) is 14.2 Å². The van der Waals surface area contributed by atoms with Gasteiger partial charge in [-0.25, -0.2) is 22.0 Å². The van der Waals surface area contributed by atoms with Crippen molar-refractivity contribution in [1.29, 1.82) is 0 Å². The number of hydrogen-bond donors (Lipinski definition) is 2. The van der Waals surface area contributed by atoms with Crippen LogP contribution >= 0.6 is 0 Å². The normalized spacial score (nSPS) is 16.2. The maximum Gasteiger partial charge on any atom is 0.435 e. The van der Waals surface area contributed by atoms with Gasteiger partial charge in [-0.3, -0.25) is 4.79 Å². The molecule has 2 aliphatic rings. The topological polar surface area (TPSA) is 148 Å². The second kappa shape index (κ2) is 16.2. The molecule has 0 spiro atoms. The number of hydrogen-bond acceptors (Lipinski definition) is 11. The summed E-state index contributed by atoms with van der Waals surface area (Å²) in [7, 11) is -0.726. The molecule has 50 heavy (non-hydrogen) atoms. The molecule has 3 heterocycles. The van der Waals surface area contributed by atoms with Crippen LogP contribution in [0.15, 0.2) is 41.3 Å². The molecule has 2 aromatic carbocycles. The number of sulfonamides is 1. The second-order valence-electron chi connectivity index (χ2n) is 12.2. The van der Waals surface area contributed by atoms with E-state index in [1.165, 1.54) is 0 Å². The largest absolute Gasteiger partial charge is 0.445 e. The molecular formula is C33H43F2N7O7S. The van der Waals surface area contributed by atoms with E-state index in [-0.39, 0.29) is 55.7 Å². The summed E-state index contributed by atoms with van der Waals surface area (Å²) in [6.45, 7) is 7.61. The average Bonchev–Trinajstić information content (AvgIpc) is 3.44. The lowest BCUT2D eigenvalue weighted by atomic mass is 10.1. The lowest BCUT2D eigenvalue weighted by molar-refractivity contribution is 0.0777. The molecular weight excluding hydrogens is 676 g/mol. The van der Waals surface area contributed by atoms with Crippen molar-refractivity contribution in [1.82, 2.24) is 19.0 Å². The molecule has 0 aliphatic carbocycles. The number of halogens is 2. The molecule has 5 rings (SSSR count). The molecule has 272 valence electrons. The lowest BCUT2D eigenvalue weighted by Gasteiger charge is -2.34. The summed E-state index contributed by atoms with van der Waals surface area (Å²) in [5.41, 5.74) is 2.33. The fourth-order valence-electron chi connectivity index (χ4n) is 5.91. The van der Waals surface area contributed by atoms with E-state index in [1.807, 2.05) is 19.1 Å². The number of piperazine rings is 1. The summed E-state index contributed by atoms with van der Waals surface area (Å²) in [6.07, 6.45) is -0.839. The van der Waals surface area contributed by atoms with Crippen molar-refractivity contribution < 1.29 is 41.0 Å². The van der Waals surface area contributed by atoms with Gasteiger partial charge in [0.2, 0.25) is 10.0 Å². The van der Waals surface area contributed by atoms with Gasteiger partial charge in [-0.05, 0) is 51.2 Å². The molecule has 17 heteroatoms. The van der Waals surface area contributed by atoms with Gasteiger partial charge < -0.3 is 34.6 Å². The van der Waals surface area contributed by atoms with Gasteiger partial charge in [-0.1, -0.05) is 0 Å². The Hall–Kier alpha value is -4.16. The van der Waals surface area contributed by atoms with Crippen LogP contribution in [0, 0.1) is 11.6 Å². The number of ether oxygens (including phenoxy) is 3. The van der Waals surface area contributed by atoms with Crippen LogP contribution in [-0.2, 0) is 37.2 Å². The number of likely N-dealkylation sites (N-methyl/N-ethyl adjacent to an activating group) is 1. The maximum absolute atomic E-state index is 14.0. The summed E-state index contributed by atoms with van der Waals surface area (Å²) in [5, 5.41) is 10.5. The molecule has 1 aromatic heterocycles. The van der Waals surface area contributed by atoms with Crippen LogP contribution in [0.5, 0.6) is 0 Å². The molecule has 0 radical (unpaired) electrons. The highest BCUT2D eigenvalue weighted by Gasteiger charge is 2.35. The Morgan fingerprint density at radius 1 is 1.02 bits per heavy atom. The molecule has 3 aromatic rings. The van der Waals surface area contributed by atoms with Gasteiger partial charge in [0.05, 0.1) is 29.4 Å². The van der Waals surface area contributed by atoms with E-state index in [2.05, 4.69) is 32.6 Å². The number of carbonyl (C=O) groups excluding carboxylic acids is 2. The first-order valence-corrected chi connectivity index (χ1v) is 17.8. The summed E-state index contributed by atoms with van der Waals surface area (Å²) in [5.74, 6) is -2.71. The highest BCUT2D eigenvalue weighted by molar-refractivity contribution is 7.89. The van der Waals surface area contributed by atoms with Gasteiger partial charge in [0.15, 0.2) is 5.82 Å². The Morgan fingerprint density at radius 3 is 2.42 bits per heavy atom. The number of amides is 1. The van der Waals surface area contributed by atoms with Crippen LogP contribution in [0.1, 0.15) is 35.5 Å². The van der Waals surface area contributed by atoms with Crippen molar-refractivity contribution in [2.45, 2.75) is 37.8 Å². The Morgan fingerprint density at radius 2 is 1.74 bits per heavy atom. The third-order valence-electron chi connectivity index (χ3n) is 8.49. The van der Waals surface area contributed by atoms with Gasteiger partial charge in [-0.15, -0.1) is 5.10 Å². The van der Waals surface area contributed by atoms with Gasteiger partial charge in [0.25, 0.3) is 5.91 Å². The number of benzene rings is 2. The van der Waals surface area contributed by atoms with Crippen molar-refractivity contribution in [2.75, 3.05) is 88.8 Å². The number of rotatable bonds is 13. The Bertz CT molecular complexity index is 1780. The zero-order chi connectivity index (χ0) is 36.0. The summed E-state index contributed by atoms with van der Waals surface area (Å²) >= 11 is 0. The van der Waals surface area contributed by atoms with E-state index in [1.54, 1.807) is 20.1 Å². The highest BCUT2D eigenvalue weighted by Crippen LogP contribution is 2.32. The molecule has 14 nitrogen and oxygen atoms in total. The van der Waals surface area contributed by atoms with Gasteiger partial charge in [0, 0.05) is 88.5 Å². The zero-order valence-electron chi connectivity index (χ0n) is 28.6. The SMILES string of the molecule is CCOCCOC(=O)n1nc(NC(=O)c2ccc(N3CCN(C)CC3)cc2NC(C)COC)c2c1CCN(S(=O)(=O)c1cc(F)cc(F)c1)C2. The first-order valence-electron chi connectivity index (χ1n) is 16.4. The van der Waals surface area contributed by atoms with E-state index in [0.717, 1.165) is 53.0 Å². The van der Waals surface area contributed by atoms with Crippen molar-refractivity contribution in [3.05, 3.63) is 64.9 Å². The Labute approximate surface area is 290 Å². The van der Waals surface area contributed by atoms with Crippen LogP contribution in [0.25, 0.3) is 0 Å². The van der Waals surface area contributed by atoms with Crippen molar-refractivity contribution >= 4 is 39.2 Å². The molecule has 2 N–H and O–H groups in total. The van der Waals surface area contributed by atoms with Crippen LogP contribution in [0.2, 0.25) is 0 Å². The fourth-order valence-corrected chi connectivity index (χ4v) is 7.37. The van der Waals surface area contributed by atoms with E-state index in [0.29, 0.717) is 30.7 Å². The minimum atomic E-state index is -4.38. The minimum Gasteiger partial charge on any atom is -0.445 e. The molecule has 1 fully saturated rings. The van der Waals surface area contributed by atoms with Crippen LogP contribution < -0.4 is 15.5 Å². The second-order valence-corrected chi connectivity index (χ2v) is 14.1. The zero-order valence-corrected chi connectivity index (χ0v) is 29.4. The van der Waals surface area contributed by atoms with Gasteiger partial charge in [-0.2, -0.15) is 8.99 Å². The van der Waals surface area contributed by atoms with Crippen LogP contribution in [0.3, 0.4) is 0 Å². The van der Waals surface area contributed by atoms with Crippen LogP contribution in [-0.4, -0.2) is 119 Å². The first kappa shape index (κ1) is 37.1. The summed E-state index contributed by atoms with van der Waals surface area (Å²) < 4.78 is 73.0. The molecule has 1 unspecified atom stereocenters. The average molecular weight is 720 g/mol. The lowest BCUT2D eigenvalue weighted by Crippen LogP contribution is -2.44. The summed E-state index contributed by atoms with van der Waals surface area (Å²) in [4.78, 5) is 31.0. The number of aromatic nitrogens is 2. The summed E-state index contributed by atoms with van der Waals surface area (Å²) in [6, 6.07) is 7.37. The predicted molar refractivity (Wildman–Crippen MR) is 182 cm³/mol. The fraction of sp³-hybridized carbons (Fsp3) is 0.485. The number of nitrogens with zero attached hydrogens (tertiary/aromatic N) is 5. The van der Waals surface area contributed by atoms with E-state index in [9.17, 15) is 26.8 Å². The Kier molecular flexibility index (Phi) is 12.1. The standard InChI is InChI=1S/C33H43F2N7O7S/c1-5-48-14-15-49-33(44)42-30-8-9-41(50(45,46)26-17-23(34)16-24(35)18-26)20-28(30)31(38-42)37-32(43)27-7-6-25(40-12-10-39(3)11-13-40)19-29(27)36-22(2)21-47-4/h6-7,16-19,22,36H,5,8-15,20-21H2,1-4H3,(H,37,38,43). The van der Waals surface area contributed by atoms with Crippen LogP contribution in [0.4, 0.5) is 30.8 Å². The highest BCUT2D eigenvalue weighted by atomic mass is 32.2. The quantitative estimate of drug-likeness (QED) is 0.251. The van der Waals surface area contributed by atoms with Crippen molar-refractivity contribution in [3.63, 3.8) is 0 Å². The molecule has 1 atom stereocenters. The monoisotopic (exact) mass is 719 g/mol. The molecule has 1 amide bonds. The molecule has 0 bridgehead atoms. The Balaban J connectivity index is 1.48. The minimum absolute atomic E-state index is 0.00313. The third-order valence-corrected chi connectivity index (χ3v) is 10.3. The maximum atomic E-state index is 14.0. The number of methoxy groups -OCH3 is 1. The molecule has 0 saturated carbocycles. The predicted octanol–water partition coefficient (Wildman–Crippen LogP) is 3.38.